The van der Waals surface area contributed by atoms with Gasteiger partial charge < -0.3 is 15.8 Å². The van der Waals surface area contributed by atoms with Crippen LogP contribution in [-0.2, 0) is 0 Å². The van der Waals surface area contributed by atoms with Crippen LogP contribution in [0.3, 0.4) is 0 Å². The van der Waals surface area contributed by atoms with Gasteiger partial charge >= 0.3 is 0 Å². The van der Waals surface area contributed by atoms with E-state index in [4.69, 9.17) is 22.1 Å². The Hall–Kier alpha value is -2.01. The van der Waals surface area contributed by atoms with Crippen LogP contribution in [0.5, 0.6) is 5.75 Å². The first-order valence-corrected chi connectivity index (χ1v) is 5.25. The molecule has 0 saturated heterocycles. The minimum atomic E-state index is 0.406. The molecule has 1 heterocycles. The Labute approximate surface area is 104 Å². The molecule has 1 aromatic carbocycles. The molecule has 0 spiro atoms. The second kappa shape index (κ2) is 4.88. The highest BCUT2D eigenvalue weighted by molar-refractivity contribution is 6.32. The number of rotatable bonds is 3. The van der Waals surface area contributed by atoms with Crippen LogP contribution >= 0.6 is 11.6 Å². The summed E-state index contributed by atoms with van der Waals surface area (Å²) in [7, 11) is 1.56. The van der Waals surface area contributed by atoms with E-state index in [9.17, 15) is 0 Å². The lowest BCUT2D eigenvalue weighted by atomic mass is 10.3. The van der Waals surface area contributed by atoms with Crippen molar-refractivity contribution < 1.29 is 4.74 Å². The van der Waals surface area contributed by atoms with E-state index in [1.54, 1.807) is 25.3 Å². The standard InChI is InChI=1S/C11H11ClN4O/c1-17-9-4-7(2-3-8(9)12)16-11-5-10(13)14-6-15-11/h2-6H,1H3,(H3,13,14,15,16). The van der Waals surface area contributed by atoms with Crippen LogP contribution < -0.4 is 15.8 Å². The number of hydrogen-bond donors (Lipinski definition) is 2. The average Bonchev–Trinajstić information content (AvgIpc) is 2.32. The molecule has 2 rings (SSSR count). The summed E-state index contributed by atoms with van der Waals surface area (Å²) in [6.07, 6.45) is 1.39. The lowest BCUT2D eigenvalue weighted by Crippen LogP contribution is -1.97. The maximum atomic E-state index is 5.93. The summed E-state index contributed by atoms with van der Waals surface area (Å²) in [6.45, 7) is 0. The smallest absolute Gasteiger partial charge is 0.139 e. The number of anilines is 3. The lowest BCUT2D eigenvalue weighted by molar-refractivity contribution is 0.415. The predicted octanol–water partition coefficient (Wildman–Crippen LogP) is 2.46. The molecule has 2 aromatic rings. The predicted molar refractivity (Wildman–Crippen MR) is 67.7 cm³/mol. The summed E-state index contributed by atoms with van der Waals surface area (Å²) in [4.78, 5) is 7.85. The van der Waals surface area contributed by atoms with Gasteiger partial charge in [-0.3, -0.25) is 0 Å². The van der Waals surface area contributed by atoms with Gasteiger partial charge in [0.15, 0.2) is 0 Å². The monoisotopic (exact) mass is 250 g/mol. The van der Waals surface area contributed by atoms with E-state index in [1.165, 1.54) is 6.33 Å². The van der Waals surface area contributed by atoms with Gasteiger partial charge in [-0.15, -0.1) is 0 Å². The molecule has 3 N–H and O–H groups in total. The number of benzene rings is 1. The van der Waals surface area contributed by atoms with Crippen LogP contribution in [0.4, 0.5) is 17.3 Å². The van der Waals surface area contributed by atoms with Crippen molar-refractivity contribution >= 4 is 28.9 Å². The van der Waals surface area contributed by atoms with Crippen molar-refractivity contribution in [1.82, 2.24) is 9.97 Å². The summed E-state index contributed by atoms with van der Waals surface area (Å²) in [5, 5.41) is 3.63. The third-order valence-electron chi connectivity index (χ3n) is 2.11. The van der Waals surface area contributed by atoms with Crippen molar-refractivity contribution in [2.45, 2.75) is 0 Å². The topological polar surface area (TPSA) is 73.1 Å². The highest BCUT2D eigenvalue weighted by Gasteiger charge is 2.03. The van der Waals surface area contributed by atoms with Crippen molar-refractivity contribution in [1.29, 1.82) is 0 Å². The molecule has 0 unspecified atom stereocenters. The second-order valence-corrected chi connectivity index (χ2v) is 3.71. The third-order valence-corrected chi connectivity index (χ3v) is 2.42. The molecule has 0 bridgehead atoms. The van der Waals surface area contributed by atoms with Crippen LogP contribution in [0.15, 0.2) is 30.6 Å². The molecule has 0 aliphatic carbocycles. The van der Waals surface area contributed by atoms with Crippen molar-refractivity contribution in [2.75, 3.05) is 18.2 Å². The van der Waals surface area contributed by atoms with Crippen molar-refractivity contribution in [3.05, 3.63) is 35.6 Å². The minimum absolute atomic E-state index is 0.406. The maximum Gasteiger partial charge on any atom is 0.139 e. The Kier molecular flexibility index (Phi) is 3.30. The van der Waals surface area contributed by atoms with Gasteiger partial charge in [0, 0.05) is 17.8 Å². The van der Waals surface area contributed by atoms with Crippen molar-refractivity contribution in [2.24, 2.45) is 0 Å². The molecule has 0 radical (unpaired) electrons. The van der Waals surface area contributed by atoms with Gasteiger partial charge in [-0.1, -0.05) is 11.6 Å². The number of hydrogen-bond acceptors (Lipinski definition) is 5. The Morgan fingerprint density at radius 3 is 2.82 bits per heavy atom. The maximum absolute atomic E-state index is 5.93. The quantitative estimate of drug-likeness (QED) is 0.875. The van der Waals surface area contributed by atoms with Crippen molar-refractivity contribution in [3.63, 3.8) is 0 Å². The molecule has 0 aliphatic rings. The summed E-state index contributed by atoms with van der Waals surface area (Å²) in [5.74, 6) is 1.61. The van der Waals surface area contributed by atoms with Gasteiger partial charge in [0.05, 0.1) is 12.1 Å². The molecule has 6 heteroatoms. The zero-order valence-electron chi connectivity index (χ0n) is 9.14. The highest BCUT2D eigenvalue weighted by atomic mass is 35.5. The van der Waals surface area contributed by atoms with Gasteiger partial charge in [-0.2, -0.15) is 0 Å². The molecule has 88 valence electrons. The average molecular weight is 251 g/mol. The molecule has 0 fully saturated rings. The zero-order chi connectivity index (χ0) is 12.3. The fourth-order valence-corrected chi connectivity index (χ4v) is 1.52. The normalized spacial score (nSPS) is 10.0. The van der Waals surface area contributed by atoms with E-state index in [-0.39, 0.29) is 0 Å². The van der Waals surface area contributed by atoms with Crippen molar-refractivity contribution in [3.8, 4) is 5.75 Å². The molecule has 0 aliphatic heterocycles. The van der Waals surface area contributed by atoms with Crippen LogP contribution in [0, 0.1) is 0 Å². The number of methoxy groups -OCH3 is 1. The van der Waals surface area contributed by atoms with Crippen LogP contribution in [-0.4, -0.2) is 17.1 Å². The highest BCUT2D eigenvalue weighted by Crippen LogP contribution is 2.28. The van der Waals surface area contributed by atoms with E-state index >= 15 is 0 Å². The fourth-order valence-electron chi connectivity index (χ4n) is 1.33. The number of nitrogen functional groups attached to an aromatic ring is 1. The number of nitrogens with zero attached hydrogens (tertiary/aromatic N) is 2. The number of nitrogens with one attached hydrogen (secondary N) is 1. The molecule has 0 saturated carbocycles. The van der Waals surface area contributed by atoms with E-state index < -0.39 is 0 Å². The van der Waals surface area contributed by atoms with Gasteiger partial charge in [0.25, 0.3) is 0 Å². The molecule has 0 atom stereocenters. The van der Waals surface area contributed by atoms with Crippen LogP contribution in [0.25, 0.3) is 0 Å². The summed E-state index contributed by atoms with van der Waals surface area (Å²) >= 11 is 5.93. The van der Waals surface area contributed by atoms with Gasteiger partial charge in [-0.05, 0) is 12.1 Å². The third kappa shape index (κ3) is 2.76. The van der Waals surface area contributed by atoms with Gasteiger partial charge in [0.1, 0.15) is 23.7 Å². The number of ether oxygens (including phenoxy) is 1. The summed E-state index contributed by atoms with van der Waals surface area (Å²) in [5.41, 5.74) is 6.37. The molecule has 0 amide bonds. The van der Waals surface area contributed by atoms with E-state index in [2.05, 4.69) is 15.3 Å². The first-order chi connectivity index (χ1) is 8.19. The summed E-state index contributed by atoms with van der Waals surface area (Å²) in [6, 6.07) is 6.98. The fraction of sp³-hybridized carbons (Fsp3) is 0.0909. The minimum Gasteiger partial charge on any atom is -0.495 e. The number of aromatic nitrogens is 2. The molecular formula is C11H11ClN4O. The SMILES string of the molecule is COc1cc(Nc2cc(N)ncn2)ccc1Cl. The molecule has 1 aromatic heterocycles. The number of nitrogens with two attached hydrogens (primary N) is 1. The molecular weight excluding hydrogens is 240 g/mol. The van der Waals surface area contributed by atoms with Gasteiger partial charge in [0.2, 0.25) is 0 Å². The van der Waals surface area contributed by atoms with Crippen LogP contribution in [0.2, 0.25) is 5.02 Å². The molecule has 5 nitrogen and oxygen atoms in total. The Morgan fingerprint density at radius 2 is 2.12 bits per heavy atom. The largest absolute Gasteiger partial charge is 0.495 e. The van der Waals surface area contributed by atoms with Crippen LogP contribution in [0.1, 0.15) is 0 Å². The Balaban J connectivity index is 2.24. The number of halogens is 1. The zero-order valence-corrected chi connectivity index (χ0v) is 9.90. The van der Waals surface area contributed by atoms with E-state index in [0.717, 1.165) is 5.69 Å². The Bertz CT molecular complexity index is 533. The summed E-state index contributed by atoms with van der Waals surface area (Å²) < 4.78 is 5.12. The van der Waals surface area contributed by atoms with E-state index in [1.807, 2.05) is 6.07 Å². The second-order valence-electron chi connectivity index (χ2n) is 3.30. The molecule has 17 heavy (non-hydrogen) atoms. The van der Waals surface area contributed by atoms with E-state index in [0.29, 0.717) is 22.4 Å². The first-order valence-electron chi connectivity index (χ1n) is 4.87. The Morgan fingerprint density at radius 1 is 1.29 bits per heavy atom. The first kappa shape index (κ1) is 11.5. The van der Waals surface area contributed by atoms with Gasteiger partial charge in [-0.25, -0.2) is 9.97 Å². The lowest BCUT2D eigenvalue weighted by Gasteiger charge is -2.08.